The van der Waals surface area contributed by atoms with Crippen LogP contribution in [-0.2, 0) is 29.0 Å². The number of rotatable bonds is 4. The topological polar surface area (TPSA) is 76.6 Å². The van der Waals surface area contributed by atoms with Gasteiger partial charge >= 0.3 is 0 Å². The van der Waals surface area contributed by atoms with Crippen molar-refractivity contribution in [3.63, 3.8) is 0 Å². The van der Waals surface area contributed by atoms with Gasteiger partial charge in [0.25, 0.3) is 0 Å². The third-order valence-electron chi connectivity index (χ3n) is 5.65. The Morgan fingerprint density at radius 2 is 2.00 bits per heavy atom. The van der Waals surface area contributed by atoms with E-state index in [1.165, 1.54) is 0 Å². The highest BCUT2D eigenvalue weighted by Crippen LogP contribution is 2.28. The third kappa shape index (κ3) is 3.64. The minimum absolute atomic E-state index is 0.133. The van der Waals surface area contributed by atoms with Crippen LogP contribution in [0.15, 0.2) is 10.7 Å². The zero-order valence-electron chi connectivity index (χ0n) is 16.3. The minimum Gasteiger partial charge on any atom is -0.378 e. The van der Waals surface area contributed by atoms with E-state index < -0.39 is 0 Å². The molecular weight excluding hydrogens is 346 g/mol. The van der Waals surface area contributed by atoms with Crippen LogP contribution in [0.4, 0.5) is 0 Å². The number of hydrogen-bond donors (Lipinski definition) is 0. The van der Waals surface area contributed by atoms with Crippen LogP contribution in [0.1, 0.15) is 41.5 Å². The Kier molecular flexibility index (Phi) is 5.01. The van der Waals surface area contributed by atoms with Crippen LogP contribution in [0.2, 0.25) is 0 Å². The number of amides is 1. The van der Waals surface area contributed by atoms with Gasteiger partial charge in [0, 0.05) is 44.5 Å². The standard InChI is InChI=1S/C19H27N5O3/c1-13-17(15(3)27-21-13)12-23-4-5-24-11-16(20-19(24)14(23)2)10-18(25)22-6-8-26-9-7-22/h11,14H,4-10,12H2,1-3H3. The lowest BCUT2D eigenvalue weighted by molar-refractivity contribution is -0.134. The van der Waals surface area contributed by atoms with Crippen LogP contribution in [0.3, 0.4) is 0 Å². The van der Waals surface area contributed by atoms with Gasteiger partial charge in [-0.25, -0.2) is 4.98 Å². The third-order valence-corrected chi connectivity index (χ3v) is 5.65. The maximum atomic E-state index is 12.5. The number of nitrogens with zero attached hydrogens (tertiary/aromatic N) is 5. The molecule has 0 bridgehead atoms. The molecule has 1 unspecified atom stereocenters. The molecule has 4 rings (SSSR count). The Morgan fingerprint density at radius 1 is 1.22 bits per heavy atom. The van der Waals surface area contributed by atoms with Gasteiger partial charge < -0.3 is 18.7 Å². The molecule has 1 atom stereocenters. The van der Waals surface area contributed by atoms with Gasteiger partial charge in [-0.1, -0.05) is 5.16 Å². The van der Waals surface area contributed by atoms with E-state index in [4.69, 9.17) is 14.2 Å². The summed E-state index contributed by atoms with van der Waals surface area (Å²) in [4.78, 5) is 21.6. The van der Waals surface area contributed by atoms with Gasteiger partial charge in [-0.05, 0) is 20.8 Å². The summed E-state index contributed by atoms with van der Waals surface area (Å²) in [6, 6.07) is 0.180. The molecule has 0 N–H and O–H groups in total. The van der Waals surface area contributed by atoms with Crippen LogP contribution in [-0.4, -0.2) is 63.3 Å². The molecular formula is C19H27N5O3. The number of fused-ring (bicyclic) bond motifs is 1. The van der Waals surface area contributed by atoms with Crippen molar-refractivity contribution >= 4 is 5.91 Å². The summed E-state index contributed by atoms with van der Waals surface area (Å²) in [5.74, 6) is 2.04. The Balaban J connectivity index is 1.45. The first-order valence-corrected chi connectivity index (χ1v) is 9.60. The van der Waals surface area contributed by atoms with Gasteiger partial charge in [0.15, 0.2) is 0 Å². The molecule has 1 amide bonds. The summed E-state index contributed by atoms with van der Waals surface area (Å²) in [6.07, 6.45) is 2.40. The van der Waals surface area contributed by atoms with Crippen LogP contribution >= 0.6 is 0 Å². The summed E-state index contributed by atoms with van der Waals surface area (Å²) < 4.78 is 12.8. The molecule has 146 valence electrons. The molecule has 27 heavy (non-hydrogen) atoms. The van der Waals surface area contributed by atoms with Crippen LogP contribution in [0.5, 0.6) is 0 Å². The minimum atomic E-state index is 0.133. The lowest BCUT2D eigenvalue weighted by atomic mass is 10.1. The number of carbonyl (C=O) groups is 1. The highest BCUT2D eigenvalue weighted by atomic mass is 16.5. The average molecular weight is 373 g/mol. The largest absolute Gasteiger partial charge is 0.378 e. The molecule has 0 saturated carbocycles. The summed E-state index contributed by atoms with van der Waals surface area (Å²) in [5, 5.41) is 4.06. The van der Waals surface area contributed by atoms with Crippen molar-refractivity contribution in [1.82, 2.24) is 24.5 Å². The van der Waals surface area contributed by atoms with Crippen molar-refractivity contribution in [2.24, 2.45) is 0 Å². The van der Waals surface area contributed by atoms with Gasteiger partial charge in [0.1, 0.15) is 11.6 Å². The second-order valence-electron chi connectivity index (χ2n) is 7.40. The summed E-state index contributed by atoms with van der Waals surface area (Å²) >= 11 is 0. The molecule has 0 spiro atoms. The van der Waals surface area contributed by atoms with E-state index in [9.17, 15) is 4.79 Å². The van der Waals surface area contributed by atoms with Gasteiger partial charge in [0.05, 0.1) is 37.1 Å². The zero-order valence-corrected chi connectivity index (χ0v) is 16.3. The number of morpholine rings is 1. The fourth-order valence-electron chi connectivity index (χ4n) is 3.90. The molecule has 2 aliphatic heterocycles. The van der Waals surface area contributed by atoms with E-state index in [0.717, 1.165) is 48.2 Å². The second kappa shape index (κ2) is 7.44. The molecule has 1 saturated heterocycles. The van der Waals surface area contributed by atoms with Crippen LogP contribution in [0, 0.1) is 13.8 Å². The van der Waals surface area contributed by atoms with Gasteiger partial charge in [0.2, 0.25) is 5.91 Å². The van der Waals surface area contributed by atoms with Crippen LogP contribution in [0.25, 0.3) is 0 Å². The van der Waals surface area contributed by atoms with E-state index >= 15 is 0 Å². The summed E-state index contributed by atoms with van der Waals surface area (Å²) in [6.45, 7) is 11.3. The number of carbonyl (C=O) groups excluding carboxylic acids is 1. The molecule has 2 aromatic rings. The average Bonchev–Trinajstić information content (AvgIpc) is 3.22. The first-order chi connectivity index (χ1) is 13.0. The molecule has 8 heteroatoms. The van der Waals surface area contributed by atoms with Crippen molar-refractivity contribution in [2.45, 2.75) is 46.3 Å². The van der Waals surface area contributed by atoms with Gasteiger partial charge in [-0.2, -0.15) is 0 Å². The van der Waals surface area contributed by atoms with Crippen LogP contribution < -0.4 is 0 Å². The molecule has 4 heterocycles. The molecule has 2 aromatic heterocycles. The number of aromatic nitrogens is 3. The first kappa shape index (κ1) is 18.2. The van der Waals surface area contributed by atoms with Crippen molar-refractivity contribution in [3.8, 4) is 0 Å². The lowest BCUT2D eigenvalue weighted by Gasteiger charge is -2.33. The fraction of sp³-hybridized carbons (Fsp3) is 0.632. The van der Waals surface area contributed by atoms with E-state index in [0.29, 0.717) is 32.7 Å². The number of imidazole rings is 1. The monoisotopic (exact) mass is 373 g/mol. The number of aryl methyl sites for hydroxylation is 2. The molecule has 8 nitrogen and oxygen atoms in total. The lowest BCUT2D eigenvalue weighted by Crippen LogP contribution is -2.41. The zero-order chi connectivity index (χ0) is 19.0. The normalized spacial score (nSPS) is 20.7. The Bertz CT molecular complexity index is 802. The predicted molar refractivity (Wildman–Crippen MR) is 98.1 cm³/mol. The van der Waals surface area contributed by atoms with E-state index in [1.807, 2.05) is 24.9 Å². The summed E-state index contributed by atoms with van der Waals surface area (Å²) in [5.41, 5.74) is 2.96. The van der Waals surface area contributed by atoms with Gasteiger partial charge in [-0.15, -0.1) is 0 Å². The highest BCUT2D eigenvalue weighted by molar-refractivity contribution is 5.78. The fourth-order valence-corrected chi connectivity index (χ4v) is 3.90. The van der Waals surface area contributed by atoms with Crippen molar-refractivity contribution in [1.29, 1.82) is 0 Å². The molecule has 0 aromatic carbocycles. The number of hydrogen-bond acceptors (Lipinski definition) is 6. The quantitative estimate of drug-likeness (QED) is 0.808. The molecule has 0 radical (unpaired) electrons. The number of ether oxygens (including phenoxy) is 1. The highest BCUT2D eigenvalue weighted by Gasteiger charge is 2.28. The maximum absolute atomic E-state index is 12.5. The molecule has 0 aliphatic carbocycles. The van der Waals surface area contributed by atoms with Crippen molar-refractivity contribution in [2.75, 3.05) is 32.8 Å². The molecule has 1 fully saturated rings. The van der Waals surface area contributed by atoms with Crippen molar-refractivity contribution in [3.05, 3.63) is 34.7 Å². The van der Waals surface area contributed by atoms with Crippen molar-refractivity contribution < 1.29 is 14.1 Å². The Labute approximate surface area is 159 Å². The Hall–Kier alpha value is -2.19. The van der Waals surface area contributed by atoms with E-state index in [1.54, 1.807) is 0 Å². The van der Waals surface area contributed by atoms with E-state index in [-0.39, 0.29) is 11.9 Å². The van der Waals surface area contributed by atoms with E-state index in [2.05, 4.69) is 21.5 Å². The molecule has 2 aliphatic rings. The first-order valence-electron chi connectivity index (χ1n) is 9.60. The summed E-state index contributed by atoms with van der Waals surface area (Å²) in [7, 11) is 0. The Morgan fingerprint density at radius 3 is 2.70 bits per heavy atom. The second-order valence-corrected chi connectivity index (χ2v) is 7.40. The predicted octanol–water partition coefficient (Wildman–Crippen LogP) is 1.47. The maximum Gasteiger partial charge on any atom is 0.228 e. The SMILES string of the molecule is Cc1noc(C)c1CN1CCn2cc(CC(=O)N3CCOCC3)nc2C1C. The van der Waals surface area contributed by atoms with Gasteiger partial charge in [-0.3, -0.25) is 9.69 Å². The smallest absolute Gasteiger partial charge is 0.228 e.